The lowest BCUT2D eigenvalue weighted by molar-refractivity contribution is 0.0940. The second-order valence-electron chi connectivity index (χ2n) is 5.56. The Kier molecular flexibility index (Phi) is 5.96. The molecule has 3 aromatic rings. The summed E-state index contributed by atoms with van der Waals surface area (Å²) in [7, 11) is 0. The highest BCUT2D eigenvalue weighted by Crippen LogP contribution is 2.21. The van der Waals surface area contributed by atoms with E-state index < -0.39 is 0 Å². The summed E-state index contributed by atoms with van der Waals surface area (Å²) < 4.78 is 19.3. The maximum Gasteiger partial charge on any atom is 0.274 e. The molecule has 0 radical (unpaired) electrons. The molecule has 0 aliphatic heterocycles. The molecular weight excluding hydrogens is 399 g/mol. The maximum absolute atomic E-state index is 13.0. The molecule has 0 spiro atoms. The van der Waals surface area contributed by atoms with Gasteiger partial charge in [0.15, 0.2) is 11.4 Å². The molecule has 2 aromatic carbocycles. The third-order valence-corrected chi connectivity index (χ3v) is 4.08. The van der Waals surface area contributed by atoms with E-state index in [1.807, 2.05) is 30.3 Å². The normalized spacial score (nSPS) is 10.4. The highest BCUT2D eigenvalue weighted by atomic mass is 79.9. The van der Waals surface area contributed by atoms with Crippen molar-refractivity contribution >= 4 is 21.8 Å². The van der Waals surface area contributed by atoms with Crippen LogP contribution in [0.15, 0.2) is 71.3 Å². The fourth-order valence-corrected chi connectivity index (χ4v) is 2.61. The maximum atomic E-state index is 13.0. The average Bonchev–Trinajstić information content (AvgIpc) is 2.67. The Balaban J connectivity index is 1.70. The third-order valence-electron chi connectivity index (χ3n) is 3.64. The van der Waals surface area contributed by atoms with Gasteiger partial charge in [0.25, 0.3) is 5.91 Å². The topological polar surface area (TPSA) is 51.2 Å². The predicted octanol–water partition coefficient (Wildman–Crippen LogP) is 4.49. The second kappa shape index (κ2) is 8.58. The van der Waals surface area contributed by atoms with Crippen molar-refractivity contribution in [2.75, 3.05) is 0 Å². The van der Waals surface area contributed by atoms with Crippen molar-refractivity contribution in [3.05, 3.63) is 94.0 Å². The highest BCUT2D eigenvalue weighted by molar-refractivity contribution is 9.10. The Hall–Kier alpha value is -2.73. The summed E-state index contributed by atoms with van der Waals surface area (Å²) in [6, 6.07) is 19.0. The summed E-state index contributed by atoms with van der Waals surface area (Å²) in [5, 5.41) is 2.78. The molecule has 0 saturated carbocycles. The van der Waals surface area contributed by atoms with Crippen LogP contribution in [0, 0.1) is 5.82 Å². The Bertz CT molecular complexity index is 886. The molecule has 1 amide bonds. The van der Waals surface area contributed by atoms with Crippen molar-refractivity contribution in [3.8, 4) is 5.75 Å². The van der Waals surface area contributed by atoms with Crippen molar-refractivity contribution in [1.82, 2.24) is 10.3 Å². The monoisotopic (exact) mass is 414 g/mol. The van der Waals surface area contributed by atoms with Crippen LogP contribution in [0.4, 0.5) is 4.39 Å². The van der Waals surface area contributed by atoms with E-state index in [4.69, 9.17) is 4.74 Å². The van der Waals surface area contributed by atoms with E-state index in [0.29, 0.717) is 17.0 Å². The molecule has 0 saturated heterocycles. The zero-order valence-electron chi connectivity index (χ0n) is 13.8. The first-order valence-electron chi connectivity index (χ1n) is 7.98. The number of ether oxygens (including phenoxy) is 1. The molecule has 6 heteroatoms. The smallest absolute Gasteiger partial charge is 0.274 e. The second-order valence-corrected chi connectivity index (χ2v) is 6.38. The summed E-state index contributed by atoms with van der Waals surface area (Å²) in [6.07, 6.45) is 0. The summed E-state index contributed by atoms with van der Waals surface area (Å²) in [5.41, 5.74) is 1.98. The van der Waals surface area contributed by atoms with Gasteiger partial charge in [0.1, 0.15) is 17.0 Å². The van der Waals surface area contributed by atoms with Crippen molar-refractivity contribution in [3.63, 3.8) is 0 Å². The molecule has 1 N–H and O–H groups in total. The van der Waals surface area contributed by atoms with Gasteiger partial charge < -0.3 is 10.1 Å². The van der Waals surface area contributed by atoms with Crippen LogP contribution in [0.1, 0.15) is 21.6 Å². The van der Waals surface area contributed by atoms with E-state index in [2.05, 4.69) is 26.2 Å². The van der Waals surface area contributed by atoms with E-state index in [-0.39, 0.29) is 24.0 Å². The molecule has 0 aliphatic rings. The van der Waals surface area contributed by atoms with Crippen LogP contribution in [-0.4, -0.2) is 10.9 Å². The summed E-state index contributed by atoms with van der Waals surface area (Å²) in [4.78, 5) is 16.8. The molecule has 1 aromatic heterocycles. The molecule has 0 aliphatic carbocycles. The first-order valence-corrected chi connectivity index (χ1v) is 8.77. The number of hydrogen-bond donors (Lipinski definition) is 1. The Morgan fingerprint density at radius 1 is 1.00 bits per heavy atom. The van der Waals surface area contributed by atoms with Gasteiger partial charge in [0.2, 0.25) is 0 Å². The highest BCUT2D eigenvalue weighted by Gasteiger charge is 2.15. The number of pyridine rings is 1. The molecular formula is C20H16BrFN2O2. The number of nitrogens with zero attached hydrogens (tertiary/aromatic N) is 1. The summed E-state index contributed by atoms with van der Waals surface area (Å²) in [5.74, 6) is -0.280. The lowest BCUT2D eigenvalue weighted by Gasteiger charge is -2.12. The number of aromatic nitrogens is 1. The molecule has 0 bridgehead atoms. The van der Waals surface area contributed by atoms with Crippen LogP contribution in [0.3, 0.4) is 0 Å². The molecule has 132 valence electrons. The van der Waals surface area contributed by atoms with E-state index >= 15 is 0 Å². The fourth-order valence-electron chi connectivity index (χ4n) is 2.31. The molecule has 0 unspecified atom stereocenters. The lowest BCUT2D eigenvalue weighted by atomic mass is 10.2. The van der Waals surface area contributed by atoms with E-state index in [1.54, 1.807) is 24.3 Å². The van der Waals surface area contributed by atoms with Gasteiger partial charge in [-0.05, 0) is 51.3 Å². The minimum atomic E-state index is -0.362. The van der Waals surface area contributed by atoms with Crippen LogP contribution in [-0.2, 0) is 13.2 Å². The van der Waals surface area contributed by atoms with Crippen molar-refractivity contribution in [1.29, 1.82) is 0 Å². The van der Waals surface area contributed by atoms with Gasteiger partial charge in [-0.15, -0.1) is 0 Å². The minimum absolute atomic E-state index is 0.192. The first-order chi connectivity index (χ1) is 12.6. The third kappa shape index (κ3) is 4.89. The molecule has 0 atom stereocenters. The van der Waals surface area contributed by atoms with Gasteiger partial charge in [-0.3, -0.25) is 4.79 Å². The number of nitrogens with one attached hydrogen (secondary N) is 1. The molecule has 3 rings (SSSR count). The van der Waals surface area contributed by atoms with Crippen molar-refractivity contribution < 1.29 is 13.9 Å². The molecule has 0 fully saturated rings. The zero-order valence-corrected chi connectivity index (χ0v) is 15.4. The quantitative estimate of drug-likeness (QED) is 0.604. The minimum Gasteiger partial charge on any atom is -0.486 e. The Morgan fingerprint density at radius 3 is 2.46 bits per heavy atom. The summed E-state index contributed by atoms with van der Waals surface area (Å²) in [6.45, 7) is 0.605. The SMILES string of the molecule is O=C(NCc1ccc(F)cc1)c1nc(Br)ccc1OCc1ccccc1. The van der Waals surface area contributed by atoms with Crippen LogP contribution < -0.4 is 10.1 Å². The number of amides is 1. The van der Waals surface area contributed by atoms with Crippen LogP contribution in [0.5, 0.6) is 5.75 Å². The van der Waals surface area contributed by atoms with E-state index in [9.17, 15) is 9.18 Å². The van der Waals surface area contributed by atoms with Crippen molar-refractivity contribution in [2.24, 2.45) is 0 Å². The number of hydrogen-bond acceptors (Lipinski definition) is 3. The van der Waals surface area contributed by atoms with E-state index in [1.165, 1.54) is 12.1 Å². The average molecular weight is 415 g/mol. The number of halogens is 2. The molecule has 1 heterocycles. The number of carbonyl (C=O) groups is 1. The van der Waals surface area contributed by atoms with Gasteiger partial charge in [-0.1, -0.05) is 42.5 Å². The molecule has 4 nitrogen and oxygen atoms in total. The van der Waals surface area contributed by atoms with Gasteiger partial charge >= 0.3 is 0 Å². The zero-order chi connectivity index (χ0) is 18.4. The van der Waals surface area contributed by atoms with E-state index in [0.717, 1.165) is 11.1 Å². The Labute approximate surface area is 159 Å². The number of benzene rings is 2. The lowest BCUT2D eigenvalue weighted by Crippen LogP contribution is -2.24. The predicted molar refractivity (Wildman–Crippen MR) is 100 cm³/mol. The number of carbonyl (C=O) groups excluding carboxylic acids is 1. The molecule has 26 heavy (non-hydrogen) atoms. The van der Waals surface area contributed by atoms with Crippen LogP contribution in [0.25, 0.3) is 0 Å². The van der Waals surface area contributed by atoms with Crippen molar-refractivity contribution in [2.45, 2.75) is 13.2 Å². The van der Waals surface area contributed by atoms with Gasteiger partial charge in [0, 0.05) is 6.54 Å². The Morgan fingerprint density at radius 2 is 1.73 bits per heavy atom. The van der Waals surface area contributed by atoms with Crippen LogP contribution in [0.2, 0.25) is 0 Å². The number of rotatable bonds is 6. The largest absolute Gasteiger partial charge is 0.486 e. The summed E-state index contributed by atoms with van der Waals surface area (Å²) >= 11 is 3.28. The fraction of sp³-hybridized carbons (Fsp3) is 0.100. The van der Waals surface area contributed by atoms with Gasteiger partial charge in [-0.2, -0.15) is 0 Å². The van der Waals surface area contributed by atoms with Gasteiger partial charge in [0.05, 0.1) is 0 Å². The first kappa shape index (κ1) is 18.1. The van der Waals surface area contributed by atoms with Gasteiger partial charge in [-0.25, -0.2) is 9.37 Å². The standard InChI is InChI=1S/C20H16BrFN2O2/c21-18-11-10-17(26-13-15-4-2-1-3-5-15)19(24-18)20(25)23-12-14-6-8-16(22)9-7-14/h1-11H,12-13H2,(H,23,25). The van der Waals surface area contributed by atoms with Crippen LogP contribution >= 0.6 is 15.9 Å².